The van der Waals surface area contributed by atoms with Crippen molar-refractivity contribution in [3.8, 4) is 0 Å². The van der Waals surface area contributed by atoms with E-state index in [9.17, 15) is 0 Å². The molecule has 0 amide bonds. The fraction of sp³-hybridized carbons (Fsp3) is 0.778. The molecule has 0 aromatic carbocycles. The van der Waals surface area contributed by atoms with Crippen molar-refractivity contribution < 1.29 is 9.47 Å². The highest BCUT2D eigenvalue weighted by molar-refractivity contribution is 5.03. The molecule has 1 rings (SSSR count). The van der Waals surface area contributed by atoms with Crippen molar-refractivity contribution in [2.45, 2.75) is 38.9 Å². The Labute approximate surface area is 68.2 Å². The average molecular weight is 156 g/mol. The Balaban J connectivity index is 2.49. The summed E-state index contributed by atoms with van der Waals surface area (Å²) in [6, 6.07) is 0. The molecule has 1 saturated heterocycles. The standard InChI is InChI=1S/C9H16O2/c1-7-4-9(6-10-3)5-8(2)11-7/h6-8H,4-5H2,1-3H3/b9-6-/t7-,8+/m0/s1. The maximum Gasteiger partial charge on any atom is 0.0818 e. The second-order valence-corrected chi connectivity index (χ2v) is 3.18. The second-order valence-electron chi connectivity index (χ2n) is 3.18. The minimum absolute atomic E-state index is 0.347. The molecule has 1 fully saturated rings. The molecule has 2 atom stereocenters. The van der Waals surface area contributed by atoms with Gasteiger partial charge in [-0.1, -0.05) is 0 Å². The molecule has 0 aromatic rings. The number of ether oxygens (including phenoxy) is 2. The Morgan fingerprint density at radius 1 is 1.36 bits per heavy atom. The van der Waals surface area contributed by atoms with Crippen molar-refractivity contribution in [1.29, 1.82) is 0 Å². The Bertz CT molecular complexity index is 140. The van der Waals surface area contributed by atoms with Crippen molar-refractivity contribution in [2.24, 2.45) is 0 Å². The van der Waals surface area contributed by atoms with Gasteiger partial charge in [-0.3, -0.25) is 0 Å². The summed E-state index contributed by atoms with van der Waals surface area (Å²) in [5.41, 5.74) is 1.36. The fourth-order valence-electron chi connectivity index (χ4n) is 1.58. The van der Waals surface area contributed by atoms with Gasteiger partial charge in [0.25, 0.3) is 0 Å². The van der Waals surface area contributed by atoms with Crippen LogP contribution < -0.4 is 0 Å². The van der Waals surface area contributed by atoms with Crippen molar-refractivity contribution in [3.05, 3.63) is 11.8 Å². The zero-order valence-corrected chi connectivity index (χ0v) is 7.46. The molecule has 0 saturated carbocycles. The lowest BCUT2D eigenvalue weighted by atomic mass is 10.0. The van der Waals surface area contributed by atoms with Crippen LogP contribution in [0.4, 0.5) is 0 Å². The van der Waals surface area contributed by atoms with Crippen LogP contribution in [0, 0.1) is 0 Å². The van der Waals surface area contributed by atoms with Gasteiger partial charge in [0.15, 0.2) is 0 Å². The van der Waals surface area contributed by atoms with E-state index in [1.54, 1.807) is 7.11 Å². The van der Waals surface area contributed by atoms with Crippen LogP contribution in [0.2, 0.25) is 0 Å². The van der Waals surface area contributed by atoms with Gasteiger partial charge >= 0.3 is 0 Å². The smallest absolute Gasteiger partial charge is 0.0818 e. The molecule has 64 valence electrons. The number of hydrogen-bond acceptors (Lipinski definition) is 2. The van der Waals surface area contributed by atoms with Gasteiger partial charge in [-0.05, 0) is 32.3 Å². The van der Waals surface area contributed by atoms with Gasteiger partial charge < -0.3 is 9.47 Å². The highest BCUT2D eigenvalue weighted by atomic mass is 16.5. The van der Waals surface area contributed by atoms with Crippen LogP contribution in [0.3, 0.4) is 0 Å². The Morgan fingerprint density at radius 3 is 2.36 bits per heavy atom. The lowest BCUT2D eigenvalue weighted by molar-refractivity contribution is -0.0115. The molecular weight excluding hydrogens is 140 g/mol. The molecule has 0 aliphatic carbocycles. The van der Waals surface area contributed by atoms with Crippen molar-refractivity contribution in [2.75, 3.05) is 7.11 Å². The average Bonchev–Trinajstić information content (AvgIpc) is 1.85. The van der Waals surface area contributed by atoms with Gasteiger partial charge in [-0.2, -0.15) is 0 Å². The number of hydrogen-bond donors (Lipinski definition) is 0. The normalized spacial score (nSPS) is 35.7. The van der Waals surface area contributed by atoms with E-state index in [0.29, 0.717) is 12.2 Å². The quantitative estimate of drug-likeness (QED) is 0.541. The molecule has 1 heterocycles. The first-order valence-electron chi connectivity index (χ1n) is 4.08. The Morgan fingerprint density at radius 2 is 1.91 bits per heavy atom. The first-order chi connectivity index (χ1) is 5.22. The third-order valence-corrected chi connectivity index (χ3v) is 1.85. The minimum Gasteiger partial charge on any atom is -0.504 e. The second kappa shape index (κ2) is 3.77. The minimum atomic E-state index is 0.347. The Hall–Kier alpha value is -0.500. The first-order valence-corrected chi connectivity index (χ1v) is 4.08. The maximum absolute atomic E-state index is 5.57. The first kappa shape index (κ1) is 8.60. The van der Waals surface area contributed by atoms with Crippen LogP contribution in [0.1, 0.15) is 26.7 Å². The van der Waals surface area contributed by atoms with E-state index in [4.69, 9.17) is 9.47 Å². The lowest BCUT2D eigenvalue weighted by Gasteiger charge is -2.26. The monoisotopic (exact) mass is 156 g/mol. The highest BCUT2D eigenvalue weighted by Crippen LogP contribution is 2.23. The SMILES string of the molecule is CO/C=C1\C[C@@H](C)O[C@@H](C)C1. The van der Waals surface area contributed by atoms with Crippen molar-refractivity contribution >= 4 is 0 Å². The predicted molar refractivity (Wildman–Crippen MR) is 44.3 cm³/mol. The van der Waals surface area contributed by atoms with E-state index >= 15 is 0 Å². The Kier molecular flexibility index (Phi) is 2.94. The van der Waals surface area contributed by atoms with Crippen LogP contribution in [-0.4, -0.2) is 19.3 Å². The zero-order valence-electron chi connectivity index (χ0n) is 7.46. The molecule has 0 aromatic heterocycles. The molecule has 2 heteroatoms. The van der Waals surface area contributed by atoms with Crippen LogP contribution in [0.25, 0.3) is 0 Å². The van der Waals surface area contributed by atoms with Crippen LogP contribution in [0.5, 0.6) is 0 Å². The van der Waals surface area contributed by atoms with Gasteiger partial charge in [0.1, 0.15) is 0 Å². The number of methoxy groups -OCH3 is 1. The van der Waals surface area contributed by atoms with Gasteiger partial charge in [-0.25, -0.2) is 0 Å². The zero-order chi connectivity index (χ0) is 8.27. The third kappa shape index (κ3) is 2.54. The molecular formula is C9H16O2. The summed E-state index contributed by atoms with van der Waals surface area (Å²) in [5.74, 6) is 0. The lowest BCUT2D eigenvalue weighted by Crippen LogP contribution is -2.24. The van der Waals surface area contributed by atoms with Crippen LogP contribution in [0.15, 0.2) is 11.8 Å². The fourth-order valence-corrected chi connectivity index (χ4v) is 1.58. The highest BCUT2D eigenvalue weighted by Gasteiger charge is 2.18. The molecule has 1 aliphatic heterocycles. The summed E-state index contributed by atoms with van der Waals surface area (Å²) in [6.45, 7) is 4.19. The van der Waals surface area contributed by atoms with Gasteiger partial charge in [0, 0.05) is 0 Å². The summed E-state index contributed by atoms with van der Waals surface area (Å²) < 4.78 is 10.5. The van der Waals surface area contributed by atoms with E-state index < -0.39 is 0 Å². The molecule has 1 aliphatic rings. The largest absolute Gasteiger partial charge is 0.504 e. The van der Waals surface area contributed by atoms with E-state index in [2.05, 4.69) is 13.8 Å². The third-order valence-electron chi connectivity index (χ3n) is 1.85. The van der Waals surface area contributed by atoms with Gasteiger partial charge in [0.2, 0.25) is 0 Å². The maximum atomic E-state index is 5.57. The summed E-state index contributed by atoms with van der Waals surface area (Å²) in [6.07, 6.45) is 4.56. The van der Waals surface area contributed by atoms with E-state index in [-0.39, 0.29) is 0 Å². The van der Waals surface area contributed by atoms with E-state index in [1.165, 1.54) is 5.57 Å². The molecule has 0 spiro atoms. The number of rotatable bonds is 1. The summed E-state index contributed by atoms with van der Waals surface area (Å²) in [7, 11) is 1.69. The van der Waals surface area contributed by atoms with Gasteiger partial charge in [0.05, 0.1) is 25.6 Å². The van der Waals surface area contributed by atoms with Crippen molar-refractivity contribution in [3.63, 3.8) is 0 Å². The topological polar surface area (TPSA) is 18.5 Å². The molecule has 11 heavy (non-hydrogen) atoms. The summed E-state index contributed by atoms with van der Waals surface area (Å²) in [5, 5.41) is 0. The predicted octanol–water partition coefficient (Wildman–Crippen LogP) is 2.10. The molecule has 0 unspecified atom stereocenters. The molecule has 0 radical (unpaired) electrons. The molecule has 0 bridgehead atoms. The molecule has 0 N–H and O–H groups in total. The summed E-state index contributed by atoms with van der Waals surface area (Å²) >= 11 is 0. The van der Waals surface area contributed by atoms with Crippen molar-refractivity contribution in [1.82, 2.24) is 0 Å². The van der Waals surface area contributed by atoms with Crippen LogP contribution in [-0.2, 0) is 9.47 Å². The summed E-state index contributed by atoms with van der Waals surface area (Å²) in [4.78, 5) is 0. The van der Waals surface area contributed by atoms with E-state index in [0.717, 1.165) is 12.8 Å². The van der Waals surface area contributed by atoms with Gasteiger partial charge in [-0.15, -0.1) is 0 Å². The molecule has 2 nitrogen and oxygen atoms in total. The van der Waals surface area contributed by atoms with Crippen LogP contribution >= 0.6 is 0 Å². The van der Waals surface area contributed by atoms with E-state index in [1.807, 2.05) is 6.26 Å².